The predicted octanol–water partition coefficient (Wildman–Crippen LogP) is 3.16. The number of alkyl halides is 6. The number of carbonyl (C=O) groups is 2. The number of amides is 2. The first-order valence-electron chi connectivity index (χ1n) is 9.13. The van der Waals surface area contributed by atoms with E-state index in [9.17, 15) is 35.9 Å². The van der Waals surface area contributed by atoms with E-state index in [1.807, 2.05) is 0 Å². The average Bonchev–Trinajstić information content (AvgIpc) is 2.71. The number of carbonyl (C=O) groups excluding carboxylic acids is 2. The third-order valence-electron chi connectivity index (χ3n) is 4.54. The summed E-state index contributed by atoms with van der Waals surface area (Å²) in [6, 6.07) is -0.0619. The Labute approximate surface area is 174 Å². The van der Waals surface area contributed by atoms with E-state index in [0.29, 0.717) is 18.7 Å². The Morgan fingerprint density at radius 1 is 1.10 bits per heavy atom. The number of nitrogens with zero attached hydrogens (tertiary/aromatic N) is 3. The number of aliphatic imine (C=N–C) groups is 1. The SMILES string of the molecule is CCN(C)C(=O)C1C=NC=CN1CCNC(=O)c1cc(C(F)(F)F)cc(C(F)(F)F)c1. The molecule has 1 aliphatic heterocycles. The summed E-state index contributed by atoms with van der Waals surface area (Å²) in [6.07, 6.45) is -5.77. The lowest BCUT2D eigenvalue weighted by molar-refractivity contribution is -0.143. The highest BCUT2D eigenvalue weighted by atomic mass is 19.4. The largest absolute Gasteiger partial charge is 0.416 e. The minimum atomic E-state index is -5.05. The summed E-state index contributed by atoms with van der Waals surface area (Å²) in [5.74, 6) is -1.35. The number of rotatable bonds is 6. The van der Waals surface area contributed by atoms with Crippen molar-refractivity contribution < 1.29 is 35.9 Å². The maximum atomic E-state index is 12.9. The highest BCUT2D eigenvalue weighted by Crippen LogP contribution is 2.36. The molecule has 1 atom stereocenters. The molecule has 1 aromatic carbocycles. The first kappa shape index (κ1) is 24.2. The van der Waals surface area contributed by atoms with E-state index < -0.39 is 41.0 Å². The van der Waals surface area contributed by atoms with Gasteiger partial charge in [0.25, 0.3) is 11.8 Å². The van der Waals surface area contributed by atoms with Crippen LogP contribution in [0.15, 0.2) is 35.6 Å². The minimum Gasteiger partial charge on any atom is -0.358 e. The lowest BCUT2D eigenvalue weighted by atomic mass is 10.0. The summed E-state index contributed by atoms with van der Waals surface area (Å²) >= 11 is 0. The van der Waals surface area contributed by atoms with Gasteiger partial charge in [0, 0.05) is 50.9 Å². The molecular formula is C19H20F6N4O2. The van der Waals surface area contributed by atoms with E-state index >= 15 is 0 Å². The van der Waals surface area contributed by atoms with E-state index in [0.717, 1.165) is 0 Å². The molecule has 170 valence electrons. The van der Waals surface area contributed by atoms with Gasteiger partial charge in [-0.25, -0.2) is 0 Å². The minimum absolute atomic E-state index is 0.0465. The summed E-state index contributed by atoms with van der Waals surface area (Å²) in [6.45, 7) is 2.18. The molecule has 0 aliphatic carbocycles. The monoisotopic (exact) mass is 450 g/mol. The highest BCUT2D eigenvalue weighted by Gasteiger charge is 2.37. The van der Waals surface area contributed by atoms with E-state index in [-0.39, 0.29) is 25.1 Å². The fraction of sp³-hybridized carbons (Fsp3) is 0.421. The Morgan fingerprint density at radius 3 is 2.19 bits per heavy atom. The Balaban J connectivity index is 2.11. The predicted molar refractivity (Wildman–Crippen MR) is 100 cm³/mol. The van der Waals surface area contributed by atoms with E-state index in [2.05, 4.69) is 10.3 Å². The number of hydrogen-bond acceptors (Lipinski definition) is 4. The van der Waals surface area contributed by atoms with Gasteiger partial charge in [0.15, 0.2) is 0 Å². The molecule has 0 aromatic heterocycles. The third-order valence-corrected chi connectivity index (χ3v) is 4.54. The van der Waals surface area contributed by atoms with Crippen molar-refractivity contribution in [2.24, 2.45) is 4.99 Å². The van der Waals surface area contributed by atoms with Gasteiger partial charge in [-0.2, -0.15) is 26.3 Å². The molecule has 1 aliphatic rings. The van der Waals surface area contributed by atoms with Gasteiger partial charge in [-0.15, -0.1) is 0 Å². The standard InChI is InChI=1S/C19H20F6N4O2/c1-3-28(2)17(31)15-11-26-4-6-29(15)7-5-27-16(30)12-8-13(18(20,21)22)10-14(9-12)19(23,24)25/h4,6,8-11,15H,3,5,7H2,1-2H3,(H,27,30). The second-order valence-electron chi connectivity index (χ2n) is 6.68. The molecule has 1 aromatic rings. The van der Waals surface area contributed by atoms with Gasteiger partial charge in [0.2, 0.25) is 0 Å². The molecule has 0 fully saturated rings. The molecule has 1 N–H and O–H groups in total. The summed E-state index contributed by atoms with van der Waals surface area (Å²) in [4.78, 5) is 31.5. The van der Waals surface area contributed by atoms with Crippen LogP contribution >= 0.6 is 0 Å². The first-order valence-corrected chi connectivity index (χ1v) is 9.13. The van der Waals surface area contributed by atoms with Crippen LogP contribution in [0, 0.1) is 0 Å². The normalized spacial score (nSPS) is 16.4. The molecule has 1 unspecified atom stereocenters. The van der Waals surface area contributed by atoms with Gasteiger partial charge in [-0.05, 0) is 25.1 Å². The summed E-state index contributed by atoms with van der Waals surface area (Å²) in [7, 11) is 1.60. The van der Waals surface area contributed by atoms with Crippen molar-refractivity contribution in [1.82, 2.24) is 15.1 Å². The lowest BCUT2D eigenvalue weighted by Gasteiger charge is -2.31. The van der Waals surface area contributed by atoms with Crippen LogP contribution in [0.2, 0.25) is 0 Å². The third kappa shape index (κ3) is 6.22. The molecule has 1 heterocycles. The maximum absolute atomic E-state index is 12.9. The molecular weight excluding hydrogens is 430 g/mol. The van der Waals surface area contributed by atoms with Crippen molar-refractivity contribution in [3.05, 3.63) is 47.3 Å². The number of hydrogen-bond donors (Lipinski definition) is 1. The molecule has 31 heavy (non-hydrogen) atoms. The van der Waals surface area contributed by atoms with Crippen molar-refractivity contribution in [1.29, 1.82) is 0 Å². The van der Waals surface area contributed by atoms with Crippen LogP contribution < -0.4 is 5.32 Å². The fourth-order valence-corrected chi connectivity index (χ4v) is 2.72. The van der Waals surface area contributed by atoms with Crippen LogP contribution in [0.5, 0.6) is 0 Å². The number of halogens is 6. The summed E-state index contributed by atoms with van der Waals surface area (Å²) < 4.78 is 77.7. The zero-order valence-corrected chi connectivity index (χ0v) is 16.6. The number of likely N-dealkylation sites (N-methyl/N-ethyl adjacent to an activating group) is 1. The van der Waals surface area contributed by atoms with Gasteiger partial charge < -0.3 is 15.1 Å². The van der Waals surface area contributed by atoms with Crippen molar-refractivity contribution in [2.75, 3.05) is 26.7 Å². The van der Waals surface area contributed by atoms with Crippen LogP contribution in [0.3, 0.4) is 0 Å². The molecule has 0 saturated carbocycles. The number of benzene rings is 1. The molecule has 6 nitrogen and oxygen atoms in total. The molecule has 2 amide bonds. The van der Waals surface area contributed by atoms with Crippen molar-refractivity contribution in [2.45, 2.75) is 25.3 Å². The Kier molecular flexibility index (Phi) is 7.34. The Morgan fingerprint density at radius 2 is 1.68 bits per heavy atom. The first-order chi connectivity index (χ1) is 14.3. The highest BCUT2D eigenvalue weighted by molar-refractivity contribution is 5.98. The maximum Gasteiger partial charge on any atom is 0.416 e. The summed E-state index contributed by atoms with van der Waals surface area (Å²) in [5.41, 5.74) is -3.91. The van der Waals surface area contributed by atoms with Gasteiger partial charge in [-0.3, -0.25) is 14.6 Å². The van der Waals surface area contributed by atoms with Gasteiger partial charge in [0.1, 0.15) is 6.04 Å². The molecule has 0 radical (unpaired) electrons. The van der Waals surface area contributed by atoms with Crippen LogP contribution in [0.4, 0.5) is 26.3 Å². The lowest BCUT2D eigenvalue weighted by Crippen LogP contribution is -2.49. The van der Waals surface area contributed by atoms with Gasteiger partial charge in [-0.1, -0.05) is 0 Å². The number of nitrogens with one attached hydrogen (secondary N) is 1. The van der Waals surface area contributed by atoms with Crippen LogP contribution in [-0.4, -0.2) is 60.6 Å². The van der Waals surface area contributed by atoms with E-state index in [4.69, 9.17) is 0 Å². The van der Waals surface area contributed by atoms with Crippen LogP contribution in [-0.2, 0) is 17.1 Å². The van der Waals surface area contributed by atoms with Gasteiger partial charge >= 0.3 is 12.4 Å². The summed E-state index contributed by atoms with van der Waals surface area (Å²) in [5, 5.41) is 2.29. The smallest absolute Gasteiger partial charge is 0.358 e. The quantitative estimate of drug-likeness (QED) is 0.678. The molecule has 12 heteroatoms. The second-order valence-corrected chi connectivity index (χ2v) is 6.68. The van der Waals surface area contributed by atoms with Crippen LogP contribution in [0.1, 0.15) is 28.4 Å². The molecule has 0 spiro atoms. The van der Waals surface area contributed by atoms with Crippen LogP contribution in [0.25, 0.3) is 0 Å². The fourth-order valence-electron chi connectivity index (χ4n) is 2.72. The molecule has 0 bridgehead atoms. The zero-order valence-electron chi connectivity index (χ0n) is 16.6. The van der Waals surface area contributed by atoms with Gasteiger partial charge in [0.05, 0.1) is 11.1 Å². The Hall–Kier alpha value is -3.05. The average molecular weight is 450 g/mol. The second kappa shape index (κ2) is 9.40. The van der Waals surface area contributed by atoms with Crippen molar-refractivity contribution in [3.8, 4) is 0 Å². The zero-order chi connectivity index (χ0) is 23.4. The van der Waals surface area contributed by atoms with E-state index in [1.165, 1.54) is 23.5 Å². The van der Waals surface area contributed by atoms with Crippen molar-refractivity contribution in [3.63, 3.8) is 0 Å². The molecule has 0 saturated heterocycles. The molecule has 2 rings (SSSR count). The topological polar surface area (TPSA) is 65.0 Å². The Bertz CT molecular complexity index is 847. The van der Waals surface area contributed by atoms with E-state index in [1.54, 1.807) is 18.9 Å². The van der Waals surface area contributed by atoms with Crippen molar-refractivity contribution >= 4 is 18.0 Å².